The highest BCUT2D eigenvalue weighted by molar-refractivity contribution is 9.10. The lowest BCUT2D eigenvalue weighted by Gasteiger charge is -2.10. The number of carbonyl (C=O) groups is 1. The Bertz CT molecular complexity index is 448. The van der Waals surface area contributed by atoms with Gasteiger partial charge in [-0.3, -0.25) is 4.79 Å². The summed E-state index contributed by atoms with van der Waals surface area (Å²) in [6.45, 7) is -0.0638. The van der Waals surface area contributed by atoms with E-state index in [4.69, 9.17) is 15.7 Å². The summed E-state index contributed by atoms with van der Waals surface area (Å²) in [7, 11) is 1.42. The maximum atomic E-state index is 11.4. The van der Waals surface area contributed by atoms with Crippen molar-refractivity contribution in [2.75, 3.05) is 19.0 Å². The highest BCUT2D eigenvalue weighted by Crippen LogP contribution is 2.20. The zero-order valence-corrected chi connectivity index (χ0v) is 10.7. The van der Waals surface area contributed by atoms with Crippen LogP contribution in [0.25, 0.3) is 0 Å². The van der Waals surface area contributed by atoms with Gasteiger partial charge in [0.1, 0.15) is 6.61 Å². The van der Waals surface area contributed by atoms with Crippen LogP contribution in [0.5, 0.6) is 0 Å². The predicted molar refractivity (Wildman–Crippen MR) is 67.2 cm³/mol. The first-order chi connectivity index (χ1) is 8.08. The second-order valence-electron chi connectivity index (χ2n) is 3.16. The van der Waals surface area contributed by atoms with E-state index in [-0.39, 0.29) is 18.3 Å². The van der Waals surface area contributed by atoms with Crippen LogP contribution in [0.4, 0.5) is 5.69 Å². The van der Waals surface area contributed by atoms with Crippen molar-refractivity contribution in [2.45, 2.75) is 0 Å². The van der Waals surface area contributed by atoms with Gasteiger partial charge in [-0.1, -0.05) is 21.1 Å². The Morgan fingerprint density at radius 1 is 1.65 bits per heavy atom. The fourth-order valence-electron chi connectivity index (χ4n) is 1.21. The van der Waals surface area contributed by atoms with Crippen LogP contribution < -0.4 is 11.1 Å². The average molecular weight is 302 g/mol. The third kappa shape index (κ3) is 3.72. The summed E-state index contributed by atoms with van der Waals surface area (Å²) >= 11 is 3.26. The molecule has 0 aliphatic rings. The number of hydrogen-bond acceptors (Lipinski definition) is 4. The van der Waals surface area contributed by atoms with Crippen LogP contribution in [-0.4, -0.2) is 30.7 Å². The van der Waals surface area contributed by atoms with Gasteiger partial charge in [0.2, 0.25) is 5.91 Å². The Morgan fingerprint density at radius 2 is 2.35 bits per heavy atom. The van der Waals surface area contributed by atoms with Gasteiger partial charge >= 0.3 is 0 Å². The lowest BCUT2D eigenvalue weighted by atomic mass is 10.1. The summed E-state index contributed by atoms with van der Waals surface area (Å²) in [5.41, 5.74) is 6.38. The molecule has 1 amide bonds. The lowest BCUT2D eigenvalue weighted by molar-refractivity contribution is -0.119. The smallest absolute Gasteiger partial charge is 0.250 e. The van der Waals surface area contributed by atoms with Gasteiger partial charge in [-0.15, -0.1) is 0 Å². The van der Waals surface area contributed by atoms with Crippen LogP contribution in [0.1, 0.15) is 5.56 Å². The van der Waals surface area contributed by atoms with Gasteiger partial charge in [-0.25, -0.2) is 0 Å². The molecule has 0 aliphatic carbocycles. The van der Waals surface area contributed by atoms with Crippen LogP contribution in [0.2, 0.25) is 0 Å². The van der Waals surface area contributed by atoms with Crippen LogP contribution in [0.15, 0.2) is 27.8 Å². The van der Waals surface area contributed by atoms with Crippen LogP contribution in [0.3, 0.4) is 0 Å². The molecule has 0 heterocycles. The largest absolute Gasteiger partial charge is 0.409 e. The molecule has 0 aromatic heterocycles. The van der Waals surface area contributed by atoms with E-state index >= 15 is 0 Å². The lowest BCUT2D eigenvalue weighted by Crippen LogP contribution is -2.21. The molecule has 0 atom stereocenters. The number of rotatable bonds is 4. The zero-order valence-electron chi connectivity index (χ0n) is 9.11. The fraction of sp³-hybridized carbons (Fsp3) is 0.200. The molecule has 0 bridgehead atoms. The van der Waals surface area contributed by atoms with E-state index < -0.39 is 0 Å². The molecule has 0 spiro atoms. The Morgan fingerprint density at radius 3 is 2.94 bits per heavy atom. The SMILES string of the molecule is COCC(=O)Nc1ccc(Br)cc1/C(N)=N/O. The van der Waals surface area contributed by atoms with Crippen molar-refractivity contribution in [3.8, 4) is 0 Å². The third-order valence-electron chi connectivity index (χ3n) is 1.91. The van der Waals surface area contributed by atoms with Crippen molar-refractivity contribution in [3.05, 3.63) is 28.2 Å². The Hall–Kier alpha value is -1.60. The molecule has 0 saturated carbocycles. The number of ether oxygens (including phenoxy) is 1. The molecule has 7 heteroatoms. The van der Waals surface area contributed by atoms with Gasteiger partial charge in [-0.05, 0) is 18.2 Å². The number of halogens is 1. The molecule has 0 aliphatic heterocycles. The van der Waals surface area contributed by atoms with Gasteiger partial charge in [0.05, 0.1) is 5.69 Å². The Labute approximate surface area is 107 Å². The van der Waals surface area contributed by atoms with Crippen molar-refractivity contribution >= 4 is 33.4 Å². The minimum absolute atomic E-state index is 0.0638. The first kappa shape index (κ1) is 13.5. The molecule has 0 unspecified atom stereocenters. The van der Waals surface area contributed by atoms with Crippen LogP contribution in [-0.2, 0) is 9.53 Å². The maximum absolute atomic E-state index is 11.4. The molecule has 0 radical (unpaired) electrons. The minimum Gasteiger partial charge on any atom is -0.409 e. The molecule has 6 nitrogen and oxygen atoms in total. The summed E-state index contributed by atoms with van der Waals surface area (Å²) in [6, 6.07) is 5.01. The topological polar surface area (TPSA) is 96.9 Å². The highest BCUT2D eigenvalue weighted by atomic mass is 79.9. The van der Waals surface area contributed by atoms with Crippen molar-refractivity contribution in [2.24, 2.45) is 10.9 Å². The first-order valence-electron chi connectivity index (χ1n) is 4.64. The van der Waals surface area contributed by atoms with E-state index in [2.05, 4.69) is 26.4 Å². The van der Waals surface area contributed by atoms with E-state index in [1.165, 1.54) is 7.11 Å². The molecule has 1 aromatic carbocycles. The normalized spacial score (nSPS) is 11.3. The monoisotopic (exact) mass is 301 g/mol. The molecule has 4 N–H and O–H groups in total. The average Bonchev–Trinajstić information content (AvgIpc) is 2.30. The summed E-state index contributed by atoms with van der Waals surface area (Å²) in [5.74, 6) is -0.402. The molecule has 92 valence electrons. The van der Waals surface area contributed by atoms with Gasteiger partial charge in [-0.2, -0.15) is 0 Å². The number of oxime groups is 1. The molecule has 0 fully saturated rings. The second kappa shape index (κ2) is 6.21. The number of nitrogens with zero attached hydrogens (tertiary/aromatic N) is 1. The van der Waals surface area contributed by atoms with Crippen molar-refractivity contribution in [3.63, 3.8) is 0 Å². The standard InChI is InChI=1S/C10H12BrN3O3/c1-17-5-9(15)13-8-3-2-6(11)4-7(8)10(12)14-16/h2-4,16H,5H2,1H3,(H2,12,14)(H,13,15). The summed E-state index contributed by atoms with van der Waals surface area (Å²) in [4.78, 5) is 11.4. The van der Waals surface area contributed by atoms with Gasteiger partial charge < -0.3 is 21.0 Å². The quantitative estimate of drug-likeness (QED) is 0.336. The highest BCUT2D eigenvalue weighted by Gasteiger charge is 2.10. The van der Waals surface area contributed by atoms with Crippen molar-refractivity contribution in [1.29, 1.82) is 0 Å². The fourth-order valence-corrected chi connectivity index (χ4v) is 1.57. The summed E-state index contributed by atoms with van der Waals surface area (Å²) in [5, 5.41) is 14.2. The first-order valence-corrected chi connectivity index (χ1v) is 5.44. The molecule has 0 saturated heterocycles. The summed E-state index contributed by atoms with van der Waals surface area (Å²) < 4.78 is 5.45. The van der Waals surface area contributed by atoms with Crippen LogP contribution >= 0.6 is 15.9 Å². The number of anilines is 1. The zero-order chi connectivity index (χ0) is 12.8. The van der Waals surface area contributed by atoms with Gasteiger partial charge in [0.25, 0.3) is 0 Å². The van der Waals surface area contributed by atoms with E-state index in [9.17, 15) is 4.79 Å². The number of nitrogens with one attached hydrogen (secondary N) is 1. The summed E-state index contributed by atoms with van der Waals surface area (Å²) in [6.07, 6.45) is 0. The number of nitrogens with two attached hydrogens (primary N) is 1. The van der Waals surface area contributed by atoms with Gasteiger partial charge in [0, 0.05) is 17.1 Å². The number of carbonyl (C=O) groups excluding carboxylic acids is 1. The number of amides is 1. The number of methoxy groups -OCH3 is 1. The Kier molecular flexibility index (Phi) is 4.92. The molecular formula is C10H12BrN3O3. The molecular weight excluding hydrogens is 290 g/mol. The number of benzene rings is 1. The van der Waals surface area contributed by atoms with Crippen LogP contribution in [0, 0.1) is 0 Å². The number of hydrogen-bond donors (Lipinski definition) is 3. The molecule has 1 rings (SSSR count). The minimum atomic E-state index is -0.318. The van der Waals surface area contributed by atoms with E-state index in [0.29, 0.717) is 11.3 Å². The van der Waals surface area contributed by atoms with E-state index in [0.717, 1.165) is 4.47 Å². The predicted octanol–water partition coefficient (Wildman–Crippen LogP) is 1.13. The molecule has 17 heavy (non-hydrogen) atoms. The van der Waals surface area contributed by atoms with Crippen molar-refractivity contribution < 1.29 is 14.7 Å². The second-order valence-corrected chi connectivity index (χ2v) is 4.07. The molecule has 1 aromatic rings. The maximum Gasteiger partial charge on any atom is 0.250 e. The van der Waals surface area contributed by atoms with E-state index in [1.807, 2.05) is 0 Å². The van der Waals surface area contributed by atoms with Gasteiger partial charge in [0.15, 0.2) is 5.84 Å². The number of amidine groups is 1. The van der Waals surface area contributed by atoms with E-state index in [1.54, 1.807) is 18.2 Å². The third-order valence-corrected chi connectivity index (χ3v) is 2.41. The van der Waals surface area contributed by atoms with Crippen molar-refractivity contribution in [1.82, 2.24) is 0 Å². The Balaban J connectivity index is 3.02.